The van der Waals surface area contributed by atoms with Crippen LogP contribution in [0, 0.1) is 11.8 Å². The van der Waals surface area contributed by atoms with E-state index in [1.807, 2.05) is 66.7 Å². The standard InChI is InChI=1S/C36H48N2O6/c1-3-5-8-19-31(22-28-15-9-6-10-16-28)36(42)44-27-32(26-43-25-29-17-11-7-12-18-29)37-35(41)30(14-4-2)23-34(40)38-21-13-20-33(38)24-39/h3-4,6-7,9-12,15-18,30-33,39H,1-2,5,8,13-14,19-27H2,(H,37,41). The maximum Gasteiger partial charge on any atom is 0.309 e. The van der Waals surface area contributed by atoms with Gasteiger partial charge in [0, 0.05) is 13.0 Å². The molecule has 2 aromatic rings. The molecule has 1 aliphatic heterocycles. The summed E-state index contributed by atoms with van der Waals surface area (Å²) in [4.78, 5) is 41.6. The van der Waals surface area contributed by atoms with Gasteiger partial charge in [0.15, 0.2) is 0 Å². The topological polar surface area (TPSA) is 105 Å². The first kappa shape index (κ1) is 34.7. The fourth-order valence-electron chi connectivity index (χ4n) is 5.52. The van der Waals surface area contributed by atoms with Crippen LogP contribution in [0.4, 0.5) is 0 Å². The Kier molecular flexibility index (Phi) is 15.4. The minimum Gasteiger partial charge on any atom is -0.463 e. The van der Waals surface area contributed by atoms with E-state index in [0.717, 1.165) is 36.8 Å². The van der Waals surface area contributed by atoms with E-state index in [-0.39, 0.29) is 56.0 Å². The van der Waals surface area contributed by atoms with Gasteiger partial charge in [-0.05, 0) is 56.1 Å². The van der Waals surface area contributed by atoms with Gasteiger partial charge in [-0.15, -0.1) is 13.2 Å². The number of aliphatic hydroxyl groups is 1. The number of nitrogens with zero attached hydrogens (tertiary/aromatic N) is 1. The van der Waals surface area contributed by atoms with Gasteiger partial charge in [-0.3, -0.25) is 14.4 Å². The number of unbranched alkanes of at least 4 members (excludes halogenated alkanes) is 1. The molecule has 0 aromatic heterocycles. The van der Waals surface area contributed by atoms with Crippen molar-refractivity contribution in [3.05, 3.63) is 97.1 Å². The molecule has 2 amide bonds. The Morgan fingerprint density at radius 2 is 1.68 bits per heavy atom. The summed E-state index contributed by atoms with van der Waals surface area (Å²) in [7, 11) is 0. The van der Waals surface area contributed by atoms with E-state index in [4.69, 9.17) is 9.47 Å². The molecular weight excluding hydrogens is 556 g/mol. The summed E-state index contributed by atoms with van der Waals surface area (Å²) in [5.41, 5.74) is 2.04. The Hall–Kier alpha value is -3.75. The van der Waals surface area contributed by atoms with Crippen molar-refractivity contribution in [2.24, 2.45) is 11.8 Å². The molecule has 8 heteroatoms. The molecule has 238 valence electrons. The van der Waals surface area contributed by atoms with Crippen molar-refractivity contribution in [2.75, 3.05) is 26.4 Å². The highest BCUT2D eigenvalue weighted by atomic mass is 16.5. The SMILES string of the molecule is C=CCCCC(Cc1ccccc1)C(=O)OCC(COCc1ccccc1)NC(=O)C(CC=C)CC(=O)N1CCCC1CO. The molecule has 1 aliphatic rings. The van der Waals surface area contributed by atoms with E-state index in [1.165, 1.54) is 0 Å². The molecule has 1 saturated heterocycles. The van der Waals surface area contributed by atoms with E-state index in [2.05, 4.69) is 18.5 Å². The number of benzene rings is 2. The number of rotatable bonds is 20. The lowest BCUT2D eigenvalue weighted by Crippen LogP contribution is -2.46. The van der Waals surface area contributed by atoms with E-state index < -0.39 is 12.0 Å². The molecule has 4 atom stereocenters. The fourth-order valence-corrected chi connectivity index (χ4v) is 5.52. The van der Waals surface area contributed by atoms with Gasteiger partial charge in [0.1, 0.15) is 6.61 Å². The smallest absolute Gasteiger partial charge is 0.309 e. The Morgan fingerprint density at radius 3 is 2.34 bits per heavy atom. The fraction of sp³-hybridized carbons (Fsp3) is 0.472. The Morgan fingerprint density at radius 1 is 0.977 bits per heavy atom. The molecule has 0 aliphatic carbocycles. The van der Waals surface area contributed by atoms with Crippen molar-refractivity contribution < 1.29 is 29.0 Å². The molecule has 3 rings (SSSR count). The molecule has 0 radical (unpaired) electrons. The molecule has 1 fully saturated rings. The lowest BCUT2D eigenvalue weighted by atomic mass is 9.94. The van der Waals surface area contributed by atoms with Crippen molar-refractivity contribution >= 4 is 17.8 Å². The number of likely N-dealkylation sites (tertiary alicyclic amines) is 1. The van der Waals surface area contributed by atoms with Crippen LogP contribution in [-0.4, -0.2) is 66.2 Å². The monoisotopic (exact) mass is 604 g/mol. The number of nitrogens with one attached hydrogen (secondary N) is 1. The third-order valence-electron chi connectivity index (χ3n) is 7.97. The molecule has 8 nitrogen and oxygen atoms in total. The first-order chi connectivity index (χ1) is 21.4. The third-order valence-corrected chi connectivity index (χ3v) is 7.97. The van der Waals surface area contributed by atoms with Crippen LogP contribution >= 0.6 is 0 Å². The zero-order valence-corrected chi connectivity index (χ0v) is 25.8. The summed E-state index contributed by atoms with van der Waals surface area (Å²) in [6.07, 6.45) is 8.24. The van der Waals surface area contributed by atoms with Crippen molar-refractivity contribution in [3.63, 3.8) is 0 Å². The van der Waals surface area contributed by atoms with Gasteiger partial charge >= 0.3 is 5.97 Å². The van der Waals surface area contributed by atoms with Crippen LogP contribution in [0.25, 0.3) is 0 Å². The Labute approximate surface area is 262 Å². The number of amides is 2. The number of hydrogen-bond acceptors (Lipinski definition) is 6. The summed E-state index contributed by atoms with van der Waals surface area (Å²) in [6.45, 7) is 8.47. The zero-order valence-electron chi connectivity index (χ0n) is 25.8. The molecule has 44 heavy (non-hydrogen) atoms. The van der Waals surface area contributed by atoms with E-state index in [1.54, 1.807) is 11.0 Å². The van der Waals surface area contributed by atoms with Crippen LogP contribution in [0.2, 0.25) is 0 Å². The molecule has 2 aromatic carbocycles. The van der Waals surface area contributed by atoms with Crippen LogP contribution < -0.4 is 5.32 Å². The van der Waals surface area contributed by atoms with Crippen LogP contribution in [0.3, 0.4) is 0 Å². The predicted molar refractivity (Wildman–Crippen MR) is 171 cm³/mol. The quantitative estimate of drug-likeness (QED) is 0.125. The second kappa shape index (κ2) is 19.5. The maximum absolute atomic E-state index is 13.5. The number of aliphatic hydroxyl groups excluding tert-OH is 1. The lowest BCUT2D eigenvalue weighted by Gasteiger charge is -2.26. The molecule has 0 bridgehead atoms. The second-order valence-corrected chi connectivity index (χ2v) is 11.4. The number of hydrogen-bond donors (Lipinski definition) is 2. The predicted octanol–water partition coefficient (Wildman–Crippen LogP) is 5.01. The third kappa shape index (κ3) is 11.7. The van der Waals surface area contributed by atoms with Crippen molar-refractivity contribution in [2.45, 2.75) is 70.1 Å². The van der Waals surface area contributed by atoms with Gasteiger partial charge in [0.2, 0.25) is 11.8 Å². The van der Waals surface area contributed by atoms with Gasteiger partial charge in [0.05, 0.1) is 43.7 Å². The molecule has 4 unspecified atom stereocenters. The number of carbonyl (C=O) groups excluding carboxylic acids is 3. The van der Waals surface area contributed by atoms with Crippen LogP contribution in [0.15, 0.2) is 86.0 Å². The number of ether oxygens (including phenoxy) is 2. The minimum absolute atomic E-state index is 0.00812. The first-order valence-corrected chi connectivity index (χ1v) is 15.7. The van der Waals surface area contributed by atoms with Crippen LogP contribution in [-0.2, 0) is 36.9 Å². The van der Waals surface area contributed by atoms with Crippen molar-refractivity contribution in [1.82, 2.24) is 10.2 Å². The summed E-state index contributed by atoms with van der Waals surface area (Å²) in [5, 5.41) is 12.6. The van der Waals surface area contributed by atoms with Gasteiger partial charge in [-0.2, -0.15) is 0 Å². The number of carbonyl (C=O) groups is 3. The average molecular weight is 605 g/mol. The largest absolute Gasteiger partial charge is 0.463 e. The summed E-state index contributed by atoms with van der Waals surface area (Å²) in [5.74, 6) is -1.77. The van der Waals surface area contributed by atoms with Gasteiger partial charge in [0.25, 0.3) is 0 Å². The van der Waals surface area contributed by atoms with Crippen LogP contribution in [0.1, 0.15) is 56.1 Å². The highest BCUT2D eigenvalue weighted by molar-refractivity contribution is 5.86. The molecule has 0 spiro atoms. The lowest BCUT2D eigenvalue weighted by molar-refractivity contribution is -0.151. The summed E-state index contributed by atoms with van der Waals surface area (Å²) in [6, 6.07) is 18.7. The van der Waals surface area contributed by atoms with E-state index in [0.29, 0.717) is 32.4 Å². The molecular formula is C36H48N2O6. The van der Waals surface area contributed by atoms with Gasteiger partial charge in [-0.25, -0.2) is 0 Å². The molecule has 0 saturated carbocycles. The minimum atomic E-state index is -0.642. The van der Waals surface area contributed by atoms with E-state index in [9.17, 15) is 19.5 Å². The normalized spacial score (nSPS) is 16.5. The summed E-state index contributed by atoms with van der Waals surface area (Å²) >= 11 is 0. The van der Waals surface area contributed by atoms with Crippen LogP contribution in [0.5, 0.6) is 0 Å². The highest BCUT2D eigenvalue weighted by Crippen LogP contribution is 2.21. The van der Waals surface area contributed by atoms with Gasteiger partial charge < -0.3 is 24.8 Å². The van der Waals surface area contributed by atoms with Gasteiger partial charge in [-0.1, -0.05) is 72.8 Å². The van der Waals surface area contributed by atoms with Crippen molar-refractivity contribution in [3.8, 4) is 0 Å². The second-order valence-electron chi connectivity index (χ2n) is 11.4. The van der Waals surface area contributed by atoms with E-state index >= 15 is 0 Å². The first-order valence-electron chi connectivity index (χ1n) is 15.7. The number of esters is 1. The highest BCUT2D eigenvalue weighted by Gasteiger charge is 2.32. The average Bonchev–Trinajstić information content (AvgIpc) is 3.53. The Balaban J connectivity index is 1.66. The summed E-state index contributed by atoms with van der Waals surface area (Å²) < 4.78 is 11.8. The molecule has 1 heterocycles. The van der Waals surface area contributed by atoms with Crippen molar-refractivity contribution in [1.29, 1.82) is 0 Å². The Bertz CT molecular complexity index is 1170. The zero-order chi connectivity index (χ0) is 31.6. The maximum atomic E-state index is 13.5. The number of allylic oxidation sites excluding steroid dienone is 2. The molecule has 2 N–H and O–H groups in total.